The van der Waals surface area contributed by atoms with Crippen molar-refractivity contribution in [3.8, 4) is 5.75 Å². The number of rotatable bonds is 8. The standard InChI is InChI=1S/C37H46N6O7/c1-24(2)16-31-37(48)42(14-15-49-3)22-33(44)39-30(17-25-8-5-4-6-9-25)35(46)41-32-21-43(36(47)27-12-13-38-19-27)20-29(32)26-10-7-11-28(18-26)50-23-34(45)40-31/h4-13,18-19,24,29-32,38H,14-17,20-23H2,1-3H3,(H,39,44)(H,40,45)(H,41,46)/t29-,30-,31+,32+/m0/s1. The quantitative estimate of drug-likeness (QED) is 0.281. The summed E-state index contributed by atoms with van der Waals surface area (Å²) in [6, 6.07) is 15.9. The van der Waals surface area contributed by atoms with Crippen LogP contribution < -0.4 is 20.7 Å². The zero-order valence-electron chi connectivity index (χ0n) is 28.7. The number of aromatic nitrogens is 1. The van der Waals surface area contributed by atoms with Crippen LogP contribution in [0.4, 0.5) is 0 Å². The second-order valence-electron chi connectivity index (χ2n) is 13.2. The molecular formula is C37H46N6O7. The molecule has 2 aliphatic heterocycles. The number of ether oxygens (including phenoxy) is 2. The summed E-state index contributed by atoms with van der Waals surface area (Å²) in [6.45, 7) is 4.00. The van der Waals surface area contributed by atoms with Crippen molar-refractivity contribution in [3.05, 3.63) is 89.7 Å². The Hall–Kier alpha value is -5.17. The van der Waals surface area contributed by atoms with Gasteiger partial charge in [-0.1, -0.05) is 56.3 Å². The van der Waals surface area contributed by atoms with Crippen LogP contribution in [0.25, 0.3) is 0 Å². The van der Waals surface area contributed by atoms with Gasteiger partial charge in [-0.25, -0.2) is 0 Å². The van der Waals surface area contributed by atoms with Crippen molar-refractivity contribution in [3.63, 3.8) is 0 Å². The molecule has 2 aliphatic rings. The average molecular weight is 687 g/mol. The Labute approximate surface area is 292 Å². The predicted molar refractivity (Wildman–Crippen MR) is 185 cm³/mol. The van der Waals surface area contributed by atoms with E-state index in [0.717, 1.165) is 11.1 Å². The van der Waals surface area contributed by atoms with E-state index < -0.39 is 41.8 Å². The molecule has 1 saturated heterocycles. The Balaban J connectivity index is 1.50. The number of carbonyl (C=O) groups excluding carboxylic acids is 5. The lowest BCUT2D eigenvalue weighted by atomic mass is 9.93. The van der Waals surface area contributed by atoms with Gasteiger partial charge in [0.25, 0.3) is 11.8 Å². The molecule has 1 fully saturated rings. The van der Waals surface area contributed by atoms with E-state index in [0.29, 0.717) is 24.3 Å². The van der Waals surface area contributed by atoms with Crippen molar-refractivity contribution >= 4 is 29.5 Å². The van der Waals surface area contributed by atoms with Crippen molar-refractivity contribution in [2.45, 2.75) is 50.7 Å². The first-order valence-electron chi connectivity index (χ1n) is 17.0. The van der Waals surface area contributed by atoms with Crippen LogP contribution >= 0.6 is 0 Å². The van der Waals surface area contributed by atoms with Gasteiger partial charge < -0.3 is 40.2 Å². The Kier molecular flexibility index (Phi) is 12.3. The molecule has 4 atom stereocenters. The molecule has 13 heteroatoms. The highest BCUT2D eigenvalue weighted by atomic mass is 16.5. The second-order valence-corrected chi connectivity index (χ2v) is 13.2. The third-order valence-corrected chi connectivity index (χ3v) is 8.92. The smallest absolute Gasteiger partial charge is 0.258 e. The fourth-order valence-corrected chi connectivity index (χ4v) is 6.45. The number of nitrogens with zero attached hydrogens (tertiary/aromatic N) is 2. The summed E-state index contributed by atoms with van der Waals surface area (Å²) in [4.78, 5) is 74.2. The first-order chi connectivity index (χ1) is 24.1. The van der Waals surface area contributed by atoms with E-state index >= 15 is 0 Å². The highest BCUT2D eigenvalue weighted by Crippen LogP contribution is 2.31. The third kappa shape index (κ3) is 9.50. The van der Waals surface area contributed by atoms with E-state index in [1.165, 1.54) is 12.0 Å². The number of amides is 5. The second kappa shape index (κ2) is 17.0. The molecule has 0 radical (unpaired) electrons. The number of hydrogen-bond acceptors (Lipinski definition) is 7. The van der Waals surface area contributed by atoms with E-state index in [4.69, 9.17) is 9.47 Å². The Morgan fingerprint density at radius 1 is 0.940 bits per heavy atom. The van der Waals surface area contributed by atoms with Gasteiger partial charge in [0.2, 0.25) is 17.7 Å². The van der Waals surface area contributed by atoms with Gasteiger partial charge in [0.05, 0.1) is 24.8 Å². The number of methoxy groups -OCH3 is 1. The van der Waals surface area contributed by atoms with Crippen molar-refractivity contribution in [2.75, 3.05) is 46.5 Å². The number of aromatic amines is 1. The SMILES string of the molecule is COCCN1CC(=O)N[C@@H](Cc2ccccc2)C(=O)N[C@@H]2CN(C(=O)c3cc[nH]c3)C[C@H]2c2cccc(c2)OCC(=O)N[C@H](CC(C)C)C1=O. The summed E-state index contributed by atoms with van der Waals surface area (Å²) in [7, 11) is 1.50. The molecule has 3 aromatic rings. The molecule has 266 valence electrons. The number of benzene rings is 2. The molecular weight excluding hydrogens is 640 g/mol. The van der Waals surface area contributed by atoms with E-state index in [9.17, 15) is 24.0 Å². The maximum atomic E-state index is 14.1. The van der Waals surface area contributed by atoms with Crippen LogP contribution in [-0.4, -0.2) is 109 Å². The topological polar surface area (TPSA) is 162 Å². The van der Waals surface area contributed by atoms with Gasteiger partial charge in [0, 0.05) is 51.5 Å². The lowest BCUT2D eigenvalue weighted by Crippen LogP contribution is -2.56. The summed E-state index contributed by atoms with van der Waals surface area (Å²) in [5, 5.41) is 8.83. The van der Waals surface area contributed by atoms with Crippen molar-refractivity contribution < 1.29 is 33.4 Å². The maximum absolute atomic E-state index is 14.1. The maximum Gasteiger partial charge on any atom is 0.258 e. The van der Waals surface area contributed by atoms with Crippen molar-refractivity contribution in [2.24, 2.45) is 5.92 Å². The number of likely N-dealkylation sites (tertiary alicyclic amines) is 1. The van der Waals surface area contributed by atoms with Crippen LogP contribution in [0.15, 0.2) is 73.1 Å². The van der Waals surface area contributed by atoms with Crippen LogP contribution in [0.1, 0.15) is 47.7 Å². The minimum atomic E-state index is -0.987. The number of fused-ring (bicyclic) bond motifs is 4. The molecule has 0 spiro atoms. The Morgan fingerprint density at radius 3 is 2.44 bits per heavy atom. The molecule has 1 aromatic heterocycles. The van der Waals surface area contributed by atoms with E-state index in [1.54, 1.807) is 41.6 Å². The van der Waals surface area contributed by atoms with Gasteiger partial charge in [0.1, 0.15) is 17.8 Å². The van der Waals surface area contributed by atoms with E-state index in [1.807, 2.05) is 50.2 Å². The van der Waals surface area contributed by atoms with Crippen molar-refractivity contribution in [1.29, 1.82) is 0 Å². The largest absolute Gasteiger partial charge is 0.484 e. The molecule has 13 nitrogen and oxygen atoms in total. The molecule has 2 bridgehead atoms. The normalized spacial score (nSPS) is 22.2. The molecule has 0 unspecified atom stereocenters. The monoisotopic (exact) mass is 686 g/mol. The van der Waals surface area contributed by atoms with Gasteiger partial charge >= 0.3 is 0 Å². The van der Waals surface area contributed by atoms with Gasteiger partial charge in [-0.15, -0.1) is 0 Å². The highest BCUT2D eigenvalue weighted by molar-refractivity contribution is 5.95. The van der Waals surface area contributed by atoms with Crippen molar-refractivity contribution in [1.82, 2.24) is 30.7 Å². The summed E-state index contributed by atoms with van der Waals surface area (Å²) in [5.41, 5.74) is 2.14. The minimum Gasteiger partial charge on any atom is -0.484 e. The lowest BCUT2D eigenvalue weighted by molar-refractivity contribution is -0.141. The Bertz CT molecular complexity index is 1630. The van der Waals surface area contributed by atoms with Gasteiger partial charge in [0.15, 0.2) is 6.61 Å². The predicted octanol–water partition coefficient (Wildman–Crippen LogP) is 1.86. The van der Waals surface area contributed by atoms with Crippen LogP contribution in [0.2, 0.25) is 0 Å². The summed E-state index contributed by atoms with van der Waals surface area (Å²) in [6.07, 6.45) is 3.85. The first kappa shape index (κ1) is 36.1. The molecule has 0 saturated carbocycles. The first-order valence-corrected chi connectivity index (χ1v) is 17.0. The van der Waals surface area contributed by atoms with Crippen LogP contribution in [0, 0.1) is 5.92 Å². The van der Waals surface area contributed by atoms with Gasteiger partial charge in [-0.2, -0.15) is 0 Å². The van der Waals surface area contributed by atoms with Crippen LogP contribution in [-0.2, 0) is 30.3 Å². The number of H-pyrrole nitrogens is 1. The molecule has 50 heavy (non-hydrogen) atoms. The third-order valence-electron chi connectivity index (χ3n) is 8.92. The lowest BCUT2D eigenvalue weighted by Gasteiger charge is -2.29. The van der Waals surface area contributed by atoms with Gasteiger partial charge in [-0.05, 0) is 41.7 Å². The molecule has 3 heterocycles. The summed E-state index contributed by atoms with van der Waals surface area (Å²) in [5.74, 6) is -1.88. The zero-order valence-corrected chi connectivity index (χ0v) is 28.7. The fraction of sp³-hybridized carbons (Fsp3) is 0.432. The molecule has 5 amide bonds. The number of carbonyl (C=O) groups is 5. The van der Waals surface area contributed by atoms with E-state index in [2.05, 4.69) is 20.9 Å². The molecule has 5 rings (SSSR count). The Morgan fingerprint density at radius 2 is 1.72 bits per heavy atom. The highest BCUT2D eigenvalue weighted by Gasteiger charge is 2.39. The van der Waals surface area contributed by atoms with E-state index in [-0.39, 0.29) is 57.0 Å². The van der Waals surface area contributed by atoms with Crippen LogP contribution in [0.5, 0.6) is 5.75 Å². The number of hydrogen-bond donors (Lipinski definition) is 4. The average Bonchev–Trinajstić information content (AvgIpc) is 3.79. The van der Waals surface area contributed by atoms with Gasteiger partial charge in [-0.3, -0.25) is 24.0 Å². The summed E-state index contributed by atoms with van der Waals surface area (Å²) < 4.78 is 11.1. The molecule has 4 N–H and O–H groups in total. The molecule has 2 aromatic carbocycles. The number of nitrogens with one attached hydrogen (secondary N) is 4. The zero-order chi connectivity index (χ0) is 35.6. The molecule has 0 aliphatic carbocycles. The van der Waals surface area contributed by atoms with Crippen LogP contribution in [0.3, 0.4) is 0 Å². The summed E-state index contributed by atoms with van der Waals surface area (Å²) >= 11 is 0. The minimum absolute atomic E-state index is 0.0554. The fourth-order valence-electron chi connectivity index (χ4n) is 6.45.